The van der Waals surface area contributed by atoms with Gasteiger partial charge in [0.25, 0.3) is 5.91 Å². The maximum absolute atomic E-state index is 12.9. The molecule has 2 heterocycles. The molecule has 1 saturated heterocycles. The lowest BCUT2D eigenvalue weighted by Gasteiger charge is -2.33. The number of nitrogens with zero attached hydrogens (tertiary/aromatic N) is 3. The first-order valence-corrected chi connectivity index (χ1v) is 8.89. The molecule has 1 aliphatic rings. The largest absolute Gasteiger partial charge is 0.370 e. The van der Waals surface area contributed by atoms with Crippen molar-refractivity contribution in [3.63, 3.8) is 0 Å². The van der Waals surface area contributed by atoms with Crippen LogP contribution < -0.4 is 5.32 Å². The smallest absolute Gasteiger partial charge is 0.254 e. The van der Waals surface area contributed by atoms with Crippen molar-refractivity contribution in [3.05, 3.63) is 84.2 Å². The first-order valence-electron chi connectivity index (χ1n) is 8.89. The molecule has 1 amide bonds. The van der Waals surface area contributed by atoms with E-state index in [0.717, 1.165) is 11.3 Å². The molecule has 27 heavy (non-hydrogen) atoms. The van der Waals surface area contributed by atoms with Gasteiger partial charge in [-0.15, -0.1) is 0 Å². The Labute approximate surface area is 157 Å². The number of benzene rings is 2. The van der Waals surface area contributed by atoms with Crippen molar-refractivity contribution in [1.29, 1.82) is 0 Å². The van der Waals surface area contributed by atoms with E-state index in [1.54, 1.807) is 18.5 Å². The number of rotatable bonds is 4. The second kappa shape index (κ2) is 7.97. The van der Waals surface area contributed by atoms with Crippen molar-refractivity contribution in [1.82, 2.24) is 14.9 Å². The molecule has 4 rings (SSSR count). The van der Waals surface area contributed by atoms with Crippen LogP contribution in [0, 0.1) is 0 Å². The van der Waals surface area contributed by atoms with Gasteiger partial charge in [0.1, 0.15) is 6.10 Å². The molecule has 1 aliphatic heterocycles. The molecule has 0 radical (unpaired) electrons. The van der Waals surface area contributed by atoms with E-state index in [2.05, 4.69) is 15.3 Å². The normalized spacial score (nSPS) is 16.7. The zero-order valence-electron chi connectivity index (χ0n) is 14.8. The highest BCUT2D eigenvalue weighted by Crippen LogP contribution is 2.23. The lowest BCUT2D eigenvalue weighted by atomic mass is 10.1. The molecule has 1 N–H and O–H groups in total. The Morgan fingerprint density at radius 3 is 2.48 bits per heavy atom. The second-order valence-electron chi connectivity index (χ2n) is 6.30. The summed E-state index contributed by atoms with van der Waals surface area (Å²) in [6, 6.07) is 19.1. The molecule has 6 nitrogen and oxygen atoms in total. The van der Waals surface area contributed by atoms with Crippen LogP contribution in [0.1, 0.15) is 22.0 Å². The summed E-state index contributed by atoms with van der Waals surface area (Å²) < 4.78 is 5.85. The van der Waals surface area contributed by atoms with Crippen molar-refractivity contribution in [2.75, 3.05) is 25.0 Å². The first kappa shape index (κ1) is 17.2. The average molecular weight is 360 g/mol. The zero-order valence-corrected chi connectivity index (χ0v) is 14.8. The standard InChI is InChI=1S/C21H20N4O2/c26-20(25-13-14-27-19(15-25)16-5-2-1-3-6-16)17-7-9-18(10-8-17)24-21-22-11-4-12-23-21/h1-12,19H,13-15H2,(H,22,23,24). The minimum absolute atomic E-state index is 0.0155. The first-order chi connectivity index (χ1) is 13.3. The third-order valence-corrected chi connectivity index (χ3v) is 4.48. The van der Waals surface area contributed by atoms with Gasteiger partial charge in [0.15, 0.2) is 0 Å². The van der Waals surface area contributed by atoms with Gasteiger partial charge in [0, 0.05) is 30.2 Å². The number of hydrogen-bond acceptors (Lipinski definition) is 5. The Balaban J connectivity index is 1.43. The molecular formula is C21H20N4O2. The van der Waals surface area contributed by atoms with Crippen molar-refractivity contribution in [2.24, 2.45) is 0 Å². The van der Waals surface area contributed by atoms with E-state index in [0.29, 0.717) is 31.2 Å². The molecule has 1 unspecified atom stereocenters. The van der Waals surface area contributed by atoms with Crippen LogP contribution in [0.25, 0.3) is 0 Å². The number of anilines is 2. The fourth-order valence-corrected chi connectivity index (χ4v) is 3.07. The molecule has 0 bridgehead atoms. The molecule has 1 aromatic heterocycles. The SMILES string of the molecule is O=C(c1ccc(Nc2ncccn2)cc1)N1CCOC(c2ccccc2)C1. The number of nitrogens with one attached hydrogen (secondary N) is 1. The van der Waals surface area contributed by atoms with Gasteiger partial charge in [-0.25, -0.2) is 9.97 Å². The van der Waals surface area contributed by atoms with Gasteiger partial charge >= 0.3 is 0 Å². The van der Waals surface area contributed by atoms with Crippen molar-refractivity contribution < 1.29 is 9.53 Å². The summed E-state index contributed by atoms with van der Waals surface area (Å²) in [6.07, 6.45) is 3.27. The number of morpholine rings is 1. The average Bonchev–Trinajstić information content (AvgIpc) is 2.75. The van der Waals surface area contributed by atoms with E-state index in [4.69, 9.17) is 4.74 Å². The molecule has 0 saturated carbocycles. The predicted molar refractivity (Wildman–Crippen MR) is 103 cm³/mol. The number of ether oxygens (including phenoxy) is 1. The van der Waals surface area contributed by atoms with Crippen LogP contribution >= 0.6 is 0 Å². The molecule has 1 fully saturated rings. The molecule has 0 spiro atoms. The van der Waals surface area contributed by atoms with Gasteiger partial charge in [-0.1, -0.05) is 30.3 Å². The Morgan fingerprint density at radius 2 is 1.74 bits per heavy atom. The van der Waals surface area contributed by atoms with Crippen LogP contribution in [0.2, 0.25) is 0 Å². The van der Waals surface area contributed by atoms with E-state index in [9.17, 15) is 4.79 Å². The number of amides is 1. The molecular weight excluding hydrogens is 340 g/mol. The fourth-order valence-electron chi connectivity index (χ4n) is 3.07. The van der Waals surface area contributed by atoms with E-state index >= 15 is 0 Å². The van der Waals surface area contributed by atoms with Gasteiger partial charge in [-0.2, -0.15) is 0 Å². The van der Waals surface area contributed by atoms with Crippen LogP contribution in [-0.2, 0) is 4.74 Å². The number of aromatic nitrogens is 2. The molecule has 1 atom stereocenters. The molecule has 3 aromatic rings. The monoisotopic (exact) mass is 360 g/mol. The Hall–Kier alpha value is -3.25. The van der Waals surface area contributed by atoms with E-state index in [-0.39, 0.29) is 12.0 Å². The Morgan fingerprint density at radius 1 is 1.00 bits per heavy atom. The van der Waals surface area contributed by atoms with Crippen molar-refractivity contribution >= 4 is 17.5 Å². The number of carbonyl (C=O) groups is 1. The summed E-state index contributed by atoms with van der Waals surface area (Å²) in [5, 5.41) is 3.11. The van der Waals surface area contributed by atoms with Crippen LogP contribution in [0.3, 0.4) is 0 Å². The molecule has 2 aromatic carbocycles. The highest BCUT2D eigenvalue weighted by molar-refractivity contribution is 5.94. The number of carbonyl (C=O) groups excluding carboxylic acids is 1. The van der Waals surface area contributed by atoms with Crippen LogP contribution in [0.5, 0.6) is 0 Å². The van der Waals surface area contributed by atoms with Crippen LogP contribution in [0.15, 0.2) is 73.1 Å². The fraction of sp³-hybridized carbons (Fsp3) is 0.190. The zero-order chi connectivity index (χ0) is 18.5. The van der Waals surface area contributed by atoms with Gasteiger partial charge < -0.3 is 15.0 Å². The Bertz CT molecular complexity index is 885. The summed E-state index contributed by atoms with van der Waals surface area (Å²) in [5.74, 6) is 0.539. The van der Waals surface area contributed by atoms with E-state index < -0.39 is 0 Å². The van der Waals surface area contributed by atoms with Gasteiger partial charge in [0.05, 0.1) is 13.2 Å². The minimum atomic E-state index is -0.0833. The summed E-state index contributed by atoms with van der Waals surface area (Å²) in [4.78, 5) is 23.0. The highest BCUT2D eigenvalue weighted by atomic mass is 16.5. The minimum Gasteiger partial charge on any atom is -0.370 e. The van der Waals surface area contributed by atoms with Gasteiger partial charge in [-0.05, 0) is 35.9 Å². The van der Waals surface area contributed by atoms with Crippen LogP contribution in [0.4, 0.5) is 11.6 Å². The molecule has 6 heteroatoms. The summed E-state index contributed by atoms with van der Waals surface area (Å²) >= 11 is 0. The second-order valence-corrected chi connectivity index (χ2v) is 6.30. The third kappa shape index (κ3) is 4.12. The Kier molecular flexibility index (Phi) is 5.07. The lowest BCUT2D eigenvalue weighted by Crippen LogP contribution is -2.42. The molecule has 136 valence electrons. The topological polar surface area (TPSA) is 67.4 Å². The number of hydrogen-bond donors (Lipinski definition) is 1. The van der Waals surface area contributed by atoms with Crippen LogP contribution in [-0.4, -0.2) is 40.5 Å². The van der Waals surface area contributed by atoms with Gasteiger partial charge in [-0.3, -0.25) is 4.79 Å². The quantitative estimate of drug-likeness (QED) is 0.772. The van der Waals surface area contributed by atoms with E-state index in [1.165, 1.54) is 0 Å². The van der Waals surface area contributed by atoms with Gasteiger partial charge in [0.2, 0.25) is 5.95 Å². The highest BCUT2D eigenvalue weighted by Gasteiger charge is 2.26. The maximum atomic E-state index is 12.9. The summed E-state index contributed by atoms with van der Waals surface area (Å²) in [5.41, 5.74) is 2.59. The third-order valence-electron chi connectivity index (χ3n) is 4.48. The predicted octanol–water partition coefficient (Wildman–Crippen LogP) is 3.43. The maximum Gasteiger partial charge on any atom is 0.254 e. The molecule has 0 aliphatic carbocycles. The van der Waals surface area contributed by atoms with Crippen molar-refractivity contribution in [3.8, 4) is 0 Å². The summed E-state index contributed by atoms with van der Waals surface area (Å²) in [7, 11) is 0. The van der Waals surface area contributed by atoms with E-state index in [1.807, 2.05) is 59.5 Å². The van der Waals surface area contributed by atoms with Crippen molar-refractivity contribution in [2.45, 2.75) is 6.10 Å². The summed E-state index contributed by atoms with van der Waals surface area (Å²) in [6.45, 7) is 1.69. The lowest BCUT2D eigenvalue weighted by molar-refractivity contribution is -0.0228.